The molecule has 0 aliphatic heterocycles. The van der Waals surface area contributed by atoms with Crippen LogP contribution in [-0.2, 0) is 0 Å². The van der Waals surface area contributed by atoms with Gasteiger partial charge in [0.15, 0.2) is 0 Å². The molecule has 0 atom stereocenters. The molecular weight excluding hydrogens is 230 g/mol. The van der Waals surface area contributed by atoms with E-state index in [9.17, 15) is 4.79 Å². The van der Waals surface area contributed by atoms with Gasteiger partial charge in [-0.3, -0.25) is 4.79 Å². The van der Waals surface area contributed by atoms with Gasteiger partial charge in [0.05, 0.1) is 0 Å². The zero-order chi connectivity index (χ0) is 10.1. The van der Waals surface area contributed by atoms with Crippen LogP contribution in [0.25, 0.3) is 0 Å². The van der Waals surface area contributed by atoms with Crippen LogP contribution in [0.2, 0.25) is 0 Å². The van der Waals surface area contributed by atoms with Crippen molar-refractivity contribution in [2.24, 2.45) is 0 Å². The second-order valence-electron chi connectivity index (χ2n) is 2.70. The van der Waals surface area contributed by atoms with Crippen molar-refractivity contribution < 1.29 is 4.79 Å². The molecular formula is C9H7Cl3O. The van der Waals surface area contributed by atoms with E-state index in [-0.39, 0.29) is 0 Å². The summed E-state index contributed by atoms with van der Waals surface area (Å²) in [4.78, 5) is 11.4. The van der Waals surface area contributed by atoms with Crippen LogP contribution in [0, 0.1) is 6.92 Å². The number of hydrogen-bond donors (Lipinski definition) is 0. The van der Waals surface area contributed by atoms with Crippen molar-refractivity contribution in [3.8, 4) is 0 Å². The number of halogens is 3. The van der Waals surface area contributed by atoms with Gasteiger partial charge < -0.3 is 0 Å². The summed E-state index contributed by atoms with van der Waals surface area (Å²) in [6.45, 7) is 1.87. The molecule has 13 heavy (non-hydrogen) atoms. The molecule has 0 aromatic heterocycles. The van der Waals surface area contributed by atoms with Crippen molar-refractivity contribution in [1.29, 1.82) is 0 Å². The third-order valence-corrected chi connectivity index (χ3v) is 2.05. The van der Waals surface area contributed by atoms with Crippen molar-refractivity contribution in [3.63, 3.8) is 0 Å². The molecule has 0 aliphatic rings. The maximum atomic E-state index is 11.4. The predicted molar refractivity (Wildman–Crippen MR) is 55.8 cm³/mol. The zero-order valence-corrected chi connectivity index (χ0v) is 9.12. The van der Waals surface area contributed by atoms with Crippen LogP contribution in [0.1, 0.15) is 15.9 Å². The van der Waals surface area contributed by atoms with Crippen LogP contribution in [-0.4, -0.2) is 9.58 Å². The Balaban J connectivity index is 3.03. The molecule has 1 aromatic rings. The molecule has 0 amide bonds. The molecule has 70 valence electrons. The number of carbonyl (C=O) groups excluding carboxylic acids is 1. The molecule has 0 fully saturated rings. The smallest absolute Gasteiger partial charge is 0.253 e. The number of ketones is 1. The molecule has 1 nitrogen and oxygen atoms in total. The lowest BCUT2D eigenvalue weighted by Crippen LogP contribution is -2.18. The highest BCUT2D eigenvalue weighted by atomic mass is 35.6. The van der Waals surface area contributed by atoms with Gasteiger partial charge in [0, 0.05) is 5.56 Å². The summed E-state index contributed by atoms with van der Waals surface area (Å²) in [7, 11) is 0. The van der Waals surface area contributed by atoms with E-state index in [1.165, 1.54) is 0 Å². The SMILES string of the molecule is Cc1cccc(C(=O)C(Cl)(Cl)Cl)c1. The predicted octanol–water partition coefficient (Wildman–Crippen LogP) is 3.55. The molecule has 0 aliphatic carbocycles. The fourth-order valence-corrected chi connectivity index (χ4v) is 1.28. The monoisotopic (exact) mass is 236 g/mol. The number of benzene rings is 1. The first-order chi connectivity index (χ1) is 5.91. The van der Waals surface area contributed by atoms with E-state index in [1.54, 1.807) is 18.2 Å². The van der Waals surface area contributed by atoms with Crippen molar-refractivity contribution in [3.05, 3.63) is 35.4 Å². The largest absolute Gasteiger partial charge is 0.289 e. The van der Waals surface area contributed by atoms with Crippen LogP contribution in [0.5, 0.6) is 0 Å². The minimum Gasteiger partial charge on any atom is -0.289 e. The zero-order valence-electron chi connectivity index (χ0n) is 6.85. The van der Waals surface area contributed by atoms with Crippen LogP contribution in [0.15, 0.2) is 24.3 Å². The highest BCUT2D eigenvalue weighted by Gasteiger charge is 2.31. The van der Waals surface area contributed by atoms with Crippen LogP contribution < -0.4 is 0 Å². The molecule has 1 rings (SSSR count). The van der Waals surface area contributed by atoms with Gasteiger partial charge in [0.25, 0.3) is 3.79 Å². The van der Waals surface area contributed by atoms with Crippen molar-refractivity contribution >= 4 is 40.6 Å². The minimum atomic E-state index is -1.87. The summed E-state index contributed by atoms with van der Waals surface area (Å²) in [6.07, 6.45) is 0. The lowest BCUT2D eigenvalue weighted by Gasteiger charge is -2.09. The fraction of sp³-hybridized carbons (Fsp3) is 0.222. The summed E-state index contributed by atoms with van der Waals surface area (Å²) in [5.41, 5.74) is 1.38. The maximum Gasteiger partial charge on any atom is 0.253 e. The molecule has 0 heterocycles. The molecule has 0 saturated carbocycles. The van der Waals surface area contributed by atoms with Gasteiger partial charge in [0.1, 0.15) is 0 Å². The number of rotatable bonds is 1. The van der Waals surface area contributed by atoms with Gasteiger partial charge in [0.2, 0.25) is 5.78 Å². The first-order valence-corrected chi connectivity index (χ1v) is 4.73. The van der Waals surface area contributed by atoms with E-state index in [1.807, 2.05) is 13.0 Å². The number of aryl methyl sites for hydroxylation is 1. The minimum absolute atomic E-state index is 0.417. The number of carbonyl (C=O) groups is 1. The average Bonchev–Trinajstić information content (AvgIpc) is 2.01. The Morgan fingerprint density at radius 3 is 2.38 bits per heavy atom. The number of hydrogen-bond acceptors (Lipinski definition) is 1. The second kappa shape index (κ2) is 3.87. The Bertz CT molecular complexity index is 328. The molecule has 0 N–H and O–H groups in total. The first kappa shape index (κ1) is 10.8. The lowest BCUT2D eigenvalue weighted by molar-refractivity contribution is 0.0996. The van der Waals surface area contributed by atoms with E-state index in [2.05, 4.69) is 0 Å². The Kier molecular flexibility index (Phi) is 3.23. The Morgan fingerprint density at radius 2 is 1.92 bits per heavy atom. The Hall–Kier alpha value is -0.240. The molecule has 0 bridgehead atoms. The third kappa shape index (κ3) is 2.87. The van der Waals surface area contributed by atoms with E-state index < -0.39 is 9.58 Å². The lowest BCUT2D eigenvalue weighted by atomic mass is 10.1. The van der Waals surface area contributed by atoms with Crippen LogP contribution in [0.3, 0.4) is 0 Å². The molecule has 0 saturated heterocycles. The average molecular weight is 238 g/mol. The van der Waals surface area contributed by atoms with Gasteiger partial charge >= 0.3 is 0 Å². The van der Waals surface area contributed by atoms with E-state index in [0.29, 0.717) is 5.56 Å². The Labute approximate surface area is 91.6 Å². The fourth-order valence-electron chi connectivity index (χ4n) is 0.950. The summed E-state index contributed by atoms with van der Waals surface area (Å²) in [5, 5.41) is 0. The van der Waals surface area contributed by atoms with Gasteiger partial charge in [-0.15, -0.1) is 0 Å². The van der Waals surface area contributed by atoms with Gasteiger partial charge in [-0.2, -0.15) is 0 Å². The maximum absolute atomic E-state index is 11.4. The van der Waals surface area contributed by atoms with E-state index in [0.717, 1.165) is 5.56 Å². The molecule has 4 heteroatoms. The highest BCUT2D eigenvalue weighted by Crippen LogP contribution is 2.30. The standard InChI is InChI=1S/C9H7Cl3O/c1-6-3-2-4-7(5-6)8(13)9(10,11)12/h2-5H,1H3. The summed E-state index contributed by atoms with van der Waals surface area (Å²) in [6, 6.07) is 6.93. The molecule has 1 aromatic carbocycles. The first-order valence-electron chi connectivity index (χ1n) is 3.59. The summed E-state index contributed by atoms with van der Waals surface area (Å²) < 4.78 is -1.87. The third-order valence-electron chi connectivity index (χ3n) is 1.54. The van der Waals surface area contributed by atoms with Crippen molar-refractivity contribution in [2.75, 3.05) is 0 Å². The highest BCUT2D eigenvalue weighted by molar-refractivity contribution is 6.77. The van der Waals surface area contributed by atoms with Gasteiger partial charge in [-0.25, -0.2) is 0 Å². The van der Waals surface area contributed by atoms with E-state index in [4.69, 9.17) is 34.8 Å². The van der Waals surface area contributed by atoms with Crippen molar-refractivity contribution in [2.45, 2.75) is 10.7 Å². The molecule has 0 spiro atoms. The second-order valence-corrected chi connectivity index (χ2v) is 4.98. The quantitative estimate of drug-likeness (QED) is 0.539. The van der Waals surface area contributed by atoms with Crippen LogP contribution in [0.4, 0.5) is 0 Å². The Morgan fingerprint density at radius 1 is 1.31 bits per heavy atom. The van der Waals surface area contributed by atoms with Crippen molar-refractivity contribution in [1.82, 2.24) is 0 Å². The summed E-state index contributed by atoms with van der Waals surface area (Å²) >= 11 is 16.4. The number of alkyl halides is 3. The van der Waals surface area contributed by atoms with Gasteiger partial charge in [-0.1, -0.05) is 58.6 Å². The topological polar surface area (TPSA) is 17.1 Å². The summed E-state index contributed by atoms with van der Waals surface area (Å²) in [5.74, 6) is -0.499. The molecule has 0 radical (unpaired) electrons. The number of Topliss-reactive ketones (excluding diaryl/α,β-unsaturated/α-hetero) is 1. The van der Waals surface area contributed by atoms with Crippen LogP contribution >= 0.6 is 34.8 Å². The van der Waals surface area contributed by atoms with Gasteiger partial charge in [-0.05, 0) is 13.0 Å². The van der Waals surface area contributed by atoms with E-state index >= 15 is 0 Å². The normalized spacial score (nSPS) is 11.4. The molecule has 0 unspecified atom stereocenters.